The van der Waals surface area contributed by atoms with E-state index < -0.39 is 23.5 Å². The van der Waals surface area contributed by atoms with Crippen molar-refractivity contribution in [3.05, 3.63) is 22.2 Å². The molecule has 4 radical (unpaired) electrons. The minimum Gasteiger partial charge on any atom is -0.496 e. The molecule has 0 aliphatic rings. The van der Waals surface area contributed by atoms with E-state index in [9.17, 15) is 19.8 Å². The van der Waals surface area contributed by atoms with Gasteiger partial charge in [0.25, 0.3) is 6.47 Å². The van der Waals surface area contributed by atoms with Crippen LogP contribution in [0.1, 0.15) is 12.5 Å². The molecule has 1 atom stereocenters. The van der Waals surface area contributed by atoms with Crippen LogP contribution in [0, 0.1) is 0 Å². The van der Waals surface area contributed by atoms with Crippen molar-refractivity contribution in [3.8, 4) is 11.5 Å². The van der Waals surface area contributed by atoms with Crippen molar-refractivity contribution >= 4 is 44.2 Å². The van der Waals surface area contributed by atoms with Crippen molar-refractivity contribution in [3.63, 3.8) is 0 Å². The molecular formula is C14H16B2BrNO8. The van der Waals surface area contributed by atoms with E-state index in [0.29, 0.717) is 4.47 Å². The average molecular weight is 428 g/mol. The maximum atomic E-state index is 11.7. The molecule has 1 amide bonds. The lowest BCUT2D eigenvalue weighted by Gasteiger charge is -2.40. The molecule has 1 aromatic carbocycles. The second-order valence-electron chi connectivity index (χ2n) is 5.06. The standard InChI is InChI=1S/C14H16B2BrNO8/c1-7(25-6-19)26-12(20)18-14(21,22)13(15,16)8-4-11(24-3)9(17)5-10(8)23-2/h4-7,21-22H,1-3H3,(H,18,20). The van der Waals surface area contributed by atoms with Crippen LogP contribution in [0.5, 0.6) is 11.5 Å². The maximum Gasteiger partial charge on any atom is 0.414 e. The summed E-state index contributed by atoms with van der Waals surface area (Å²) in [6.45, 7) is 1.28. The molecule has 0 spiro atoms. The second-order valence-corrected chi connectivity index (χ2v) is 5.91. The number of nitrogens with one attached hydrogen (secondary N) is 1. The van der Waals surface area contributed by atoms with Gasteiger partial charge in [0.1, 0.15) is 11.5 Å². The Hall–Kier alpha value is -1.91. The molecule has 1 aromatic rings. The average Bonchev–Trinajstić information content (AvgIpc) is 2.53. The Bertz CT molecular complexity index is 671. The highest BCUT2D eigenvalue weighted by molar-refractivity contribution is 9.10. The van der Waals surface area contributed by atoms with Crippen molar-refractivity contribution in [1.82, 2.24) is 5.32 Å². The van der Waals surface area contributed by atoms with E-state index in [1.807, 2.05) is 0 Å². The van der Waals surface area contributed by atoms with Gasteiger partial charge in [-0.05, 0) is 38.8 Å². The third kappa shape index (κ3) is 4.83. The number of methoxy groups -OCH3 is 2. The highest BCUT2D eigenvalue weighted by Gasteiger charge is 2.46. The normalized spacial score (nSPS) is 12.7. The Morgan fingerprint density at radius 2 is 1.85 bits per heavy atom. The monoisotopic (exact) mass is 427 g/mol. The molecule has 9 nitrogen and oxygen atoms in total. The van der Waals surface area contributed by atoms with Gasteiger partial charge in [-0.2, -0.15) is 0 Å². The van der Waals surface area contributed by atoms with E-state index in [1.165, 1.54) is 33.3 Å². The third-order valence-electron chi connectivity index (χ3n) is 3.29. The number of hydrogen-bond donors (Lipinski definition) is 3. The quantitative estimate of drug-likeness (QED) is 0.297. The Labute approximate surface area is 160 Å². The van der Waals surface area contributed by atoms with Crippen LogP contribution in [-0.4, -0.2) is 64.9 Å². The number of hydrogen-bond acceptors (Lipinski definition) is 8. The molecule has 0 aliphatic heterocycles. The number of ether oxygens (including phenoxy) is 4. The molecule has 0 aliphatic carbocycles. The van der Waals surface area contributed by atoms with Gasteiger partial charge in [0.2, 0.25) is 12.2 Å². The Morgan fingerprint density at radius 1 is 1.27 bits per heavy atom. The molecule has 0 aromatic heterocycles. The number of aliphatic hydroxyl groups is 2. The zero-order chi connectivity index (χ0) is 20.1. The van der Waals surface area contributed by atoms with Crippen molar-refractivity contribution < 1.29 is 38.7 Å². The second kappa shape index (κ2) is 8.65. The van der Waals surface area contributed by atoms with Gasteiger partial charge < -0.3 is 29.2 Å². The summed E-state index contributed by atoms with van der Waals surface area (Å²) >= 11 is 3.24. The fourth-order valence-corrected chi connectivity index (χ4v) is 2.39. The van der Waals surface area contributed by atoms with Crippen LogP contribution < -0.4 is 14.8 Å². The summed E-state index contributed by atoms with van der Waals surface area (Å²) in [4.78, 5) is 21.9. The van der Waals surface area contributed by atoms with E-state index in [-0.39, 0.29) is 23.5 Å². The lowest BCUT2D eigenvalue weighted by atomic mass is 9.48. The smallest absolute Gasteiger partial charge is 0.414 e. The summed E-state index contributed by atoms with van der Waals surface area (Å²) in [6.07, 6.45) is -2.64. The first-order valence-electron chi connectivity index (χ1n) is 7.02. The number of carbonyl (C=O) groups is 2. The van der Waals surface area contributed by atoms with Gasteiger partial charge >= 0.3 is 6.09 Å². The van der Waals surface area contributed by atoms with Crippen molar-refractivity contribution in [1.29, 1.82) is 0 Å². The van der Waals surface area contributed by atoms with E-state index in [4.69, 9.17) is 25.2 Å². The van der Waals surface area contributed by atoms with Gasteiger partial charge in [-0.25, -0.2) is 4.79 Å². The van der Waals surface area contributed by atoms with Crippen LogP contribution in [0.4, 0.5) is 4.79 Å². The molecule has 12 heteroatoms. The fourth-order valence-electron chi connectivity index (χ4n) is 1.90. The number of alkyl carbamates (subject to hydrolysis) is 1. The zero-order valence-corrected chi connectivity index (χ0v) is 15.8. The minimum atomic E-state index is -3.18. The zero-order valence-electron chi connectivity index (χ0n) is 14.2. The summed E-state index contributed by atoms with van der Waals surface area (Å²) in [5.41, 5.74) is -0.0949. The molecule has 0 saturated heterocycles. The van der Waals surface area contributed by atoms with Crippen LogP contribution in [0.2, 0.25) is 0 Å². The number of amides is 1. The molecule has 26 heavy (non-hydrogen) atoms. The largest absolute Gasteiger partial charge is 0.496 e. The lowest BCUT2D eigenvalue weighted by molar-refractivity contribution is -0.195. The first-order valence-corrected chi connectivity index (χ1v) is 7.81. The minimum absolute atomic E-state index is 0.0538. The van der Waals surface area contributed by atoms with Crippen molar-refractivity contribution in [2.75, 3.05) is 14.2 Å². The number of halogens is 1. The molecule has 138 valence electrons. The Morgan fingerprint density at radius 3 is 2.35 bits per heavy atom. The topological polar surface area (TPSA) is 124 Å². The van der Waals surface area contributed by atoms with Gasteiger partial charge in [-0.15, -0.1) is 0 Å². The summed E-state index contributed by atoms with van der Waals surface area (Å²) in [6, 6.07) is 2.74. The highest BCUT2D eigenvalue weighted by Crippen LogP contribution is 2.39. The molecule has 1 unspecified atom stereocenters. The van der Waals surface area contributed by atoms with Gasteiger partial charge in [0.15, 0.2) is 0 Å². The summed E-state index contributed by atoms with van der Waals surface area (Å²) in [7, 11) is 14.4. The first-order chi connectivity index (χ1) is 12.0. The van der Waals surface area contributed by atoms with Crippen LogP contribution in [0.3, 0.4) is 0 Å². The molecule has 0 heterocycles. The van der Waals surface area contributed by atoms with Crippen LogP contribution >= 0.6 is 15.9 Å². The predicted octanol–water partition coefficient (Wildman–Crippen LogP) is -0.160. The Balaban J connectivity index is 3.18. The van der Waals surface area contributed by atoms with Gasteiger partial charge in [-0.1, -0.05) is 0 Å². The molecular weight excluding hydrogens is 412 g/mol. The SMILES string of the molecule is [B]C([B])(c1cc(OC)c(Br)cc1OC)C(O)(O)NC(=O)OC(C)OC=O. The van der Waals surface area contributed by atoms with E-state index in [0.717, 1.165) is 0 Å². The van der Waals surface area contributed by atoms with Crippen molar-refractivity contribution in [2.24, 2.45) is 0 Å². The summed E-state index contributed by atoms with van der Waals surface area (Å²) in [5.74, 6) is -2.83. The molecule has 1 rings (SSSR count). The first kappa shape index (κ1) is 22.1. The molecule has 0 fully saturated rings. The van der Waals surface area contributed by atoms with E-state index in [1.54, 1.807) is 5.32 Å². The highest BCUT2D eigenvalue weighted by atomic mass is 79.9. The van der Waals surface area contributed by atoms with Crippen LogP contribution in [-0.2, 0) is 19.5 Å². The maximum absolute atomic E-state index is 11.7. The van der Waals surface area contributed by atoms with Gasteiger partial charge in [-0.3, -0.25) is 10.1 Å². The van der Waals surface area contributed by atoms with Gasteiger partial charge in [0, 0.05) is 6.92 Å². The van der Waals surface area contributed by atoms with E-state index >= 15 is 0 Å². The predicted molar refractivity (Wildman–Crippen MR) is 93.8 cm³/mol. The van der Waals surface area contributed by atoms with Crippen LogP contribution in [0.25, 0.3) is 0 Å². The molecule has 0 bridgehead atoms. The fraction of sp³-hybridized carbons (Fsp3) is 0.429. The van der Waals surface area contributed by atoms with Gasteiger partial charge in [0.05, 0.1) is 34.4 Å². The third-order valence-corrected chi connectivity index (χ3v) is 3.91. The number of rotatable bonds is 8. The lowest BCUT2D eigenvalue weighted by Crippen LogP contribution is -2.64. The van der Waals surface area contributed by atoms with E-state index in [2.05, 4.69) is 25.4 Å². The molecule has 0 saturated carbocycles. The summed E-state index contributed by atoms with van der Waals surface area (Å²) < 4.78 is 19.7. The number of carbonyl (C=O) groups excluding carboxylic acids is 2. The summed E-state index contributed by atoms with van der Waals surface area (Å²) in [5, 5.41) is 19.7. The number of benzene rings is 1. The van der Waals surface area contributed by atoms with Crippen molar-refractivity contribution in [2.45, 2.75) is 24.3 Å². The Kier molecular flexibility index (Phi) is 7.36. The van der Waals surface area contributed by atoms with Crippen LogP contribution in [0.15, 0.2) is 16.6 Å². The molecule has 3 N–H and O–H groups in total.